The molecule has 0 spiro atoms. The summed E-state index contributed by atoms with van der Waals surface area (Å²) in [6, 6.07) is 3.30. The van der Waals surface area contributed by atoms with Gasteiger partial charge in [0.2, 0.25) is 0 Å². The molecule has 1 amide bonds. The van der Waals surface area contributed by atoms with Crippen molar-refractivity contribution in [1.29, 1.82) is 0 Å². The minimum absolute atomic E-state index is 0.277. The Morgan fingerprint density at radius 1 is 1.25 bits per heavy atom. The number of nitrogens with one attached hydrogen (secondary N) is 1. The van der Waals surface area contributed by atoms with Crippen molar-refractivity contribution in [3.63, 3.8) is 0 Å². The van der Waals surface area contributed by atoms with Crippen LogP contribution in [-0.4, -0.2) is 24.8 Å². The van der Waals surface area contributed by atoms with Gasteiger partial charge in [-0.05, 0) is 45.4 Å². The van der Waals surface area contributed by atoms with Gasteiger partial charge in [0.05, 0.1) is 18.4 Å². The average Bonchev–Trinajstić information content (AvgIpc) is 2.32. The van der Waals surface area contributed by atoms with E-state index < -0.39 is 17.7 Å². The molecule has 0 saturated heterocycles. The van der Waals surface area contributed by atoms with Crippen molar-refractivity contribution in [3.8, 4) is 0 Å². The Morgan fingerprint density at radius 3 is 2.35 bits per heavy atom. The molecule has 0 aliphatic rings. The summed E-state index contributed by atoms with van der Waals surface area (Å²) in [4.78, 5) is 23.6. The fourth-order valence-corrected chi connectivity index (χ4v) is 1.86. The van der Waals surface area contributed by atoms with Crippen molar-refractivity contribution in [2.24, 2.45) is 0 Å². The maximum absolute atomic E-state index is 11.9. The fourth-order valence-electron chi connectivity index (χ4n) is 1.53. The number of rotatable bonds is 2. The molecule has 0 saturated carbocycles. The van der Waals surface area contributed by atoms with Crippen LogP contribution in [0, 0.1) is 6.92 Å². The van der Waals surface area contributed by atoms with Crippen LogP contribution in [0.5, 0.6) is 0 Å². The third-order valence-corrected chi connectivity index (χ3v) is 3.29. The molecular weight excluding hydrogens is 326 g/mol. The van der Waals surface area contributed by atoms with Gasteiger partial charge >= 0.3 is 12.1 Å². The number of ether oxygens (including phenoxy) is 2. The molecular formula is C14H18BrNO4. The monoisotopic (exact) mass is 343 g/mol. The number of methoxy groups -OCH3 is 1. The second-order valence-corrected chi connectivity index (χ2v) is 6.07. The zero-order chi connectivity index (χ0) is 15.5. The van der Waals surface area contributed by atoms with Gasteiger partial charge < -0.3 is 9.47 Å². The fraction of sp³-hybridized carbons (Fsp3) is 0.429. The van der Waals surface area contributed by atoms with Gasteiger partial charge in [-0.1, -0.05) is 15.9 Å². The maximum atomic E-state index is 11.9. The van der Waals surface area contributed by atoms with Gasteiger partial charge in [-0.15, -0.1) is 0 Å². The van der Waals surface area contributed by atoms with Gasteiger partial charge in [0.25, 0.3) is 0 Å². The van der Waals surface area contributed by atoms with Crippen LogP contribution in [0.1, 0.15) is 36.7 Å². The molecule has 6 heteroatoms. The van der Waals surface area contributed by atoms with Crippen LogP contribution in [0.15, 0.2) is 16.6 Å². The number of halogens is 1. The van der Waals surface area contributed by atoms with Crippen molar-refractivity contribution in [2.45, 2.75) is 33.3 Å². The van der Waals surface area contributed by atoms with Crippen LogP contribution in [0.25, 0.3) is 0 Å². The Balaban J connectivity index is 3.12. The van der Waals surface area contributed by atoms with Crippen molar-refractivity contribution in [3.05, 3.63) is 27.7 Å². The predicted octanol–water partition coefficient (Wildman–Crippen LogP) is 3.89. The zero-order valence-corrected chi connectivity index (χ0v) is 13.8. The van der Waals surface area contributed by atoms with Gasteiger partial charge in [-0.2, -0.15) is 0 Å². The first-order valence-corrected chi connectivity index (χ1v) is 6.82. The van der Waals surface area contributed by atoms with E-state index in [1.807, 2.05) is 0 Å². The SMILES string of the molecule is COC(=O)c1ccc(Br)c(C)c1NC(=O)OC(C)(C)C. The standard InChI is InChI=1S/C14H18BrNO4/c1-8-10(15)7-6-9(12(17)19-5)11(8)16-13(18)20-14(2,3)4/h6-7H,1-5H3,(H,16,18). The number of anilines is 1. The molecule has 0 unspecified atom stereocenters. The third-order valence-electron chi connectivity index (χ3n) is 2.43. The van der Waals surface area contributed by atoms with Crippen molar-refractivity contribution in [1.82, 2.24) is 0 Å². The van der Waals surface area contributed by atoms with Crippen LogP contribution in [0.4, 0.5) is 10.5 Å². The summed E-state index contributed by atoms with van der Waals surface area (Å²) in [7, 11) is 1.29. The molecule has 0 atom stereocenters. The van der Waals surface area contributed by atoms with E-state index in [4.69, 9.17) is 9.47 Å². The Hall–Kier alpha value is -1.56. The summed E-state index contributed by atoms with van der Waals surface area (Å²) in [6.07, 6.45) is -0.621. The highest BCUT2D eigenvalue weighted by molar-refractivity contribution is 9.10. The van der Waals surface area contributed by atoms with Crippen LogP contribution < -0.4 is 5.32 Å². The largest absolute Gasteiger partial charge is 0.465 e. The smallest absolute Gasteiger partial charge is 0.412 e. The van der Waals surface area contributed by atoms with E-state index in [0.717, 1.165) is 10.0 Å². The molecule has 1 aromatic rings. The number of carbonyl (C=O) groups is 2. The van der Waals surface area contributed by atoms with Gasteiger partial charge in [-0.3, -0.25) is 5.32 Å². The summed E-state index contributed by atoms with van der Waals surface area (Å²) in [5, 5.41) is 2.60. The number of hydrogen-bond donors (Lipinski definition) is 1. The first-order chi connectivity index (χ1) is 9.15. The van der Waals surface area contributed by atoms with E-state index in [1.165, 1.54) is 7.11 Å². The summed E-state index contributed by atoms with van der Waals surface area (Å²) in [5.41, 5.74) is 0.758. The van der Waals surface area contributed by atoms with E-state index in [2.05, 4.69) is 21.2 Å². The molecule has 1 N–H and O–H groups in total. The maximum Gasteiger partial charge on any atom is 0.412 e. The van der Waals surface area contributed by atoms with Gasteiger partial charge in [0.15, 0.2) is 0 Å². The summed E-state index contributed by atoms with van der Waals surface area (Å²) >= 11 is 3.36. The molecule has 0 radical (unpaired) electrons. The Bertz CT molecular complexity index is 535. The number of esters is 1. The van der Waals surface area contributed by atoms with Gasteiger partial charge in [-0.25, -0.2) is 9.59 Å². The molecule has 0 bridgehead atoms. The van der Waals surface area contributed by atoms with E-state index in [9.17, 15) is 9.59 Å². The second kappa shape index (κ2) is 6.26. The molecule has 1 rings (SSSR count). The molecule has 20 heavy (non-hydrogen) atoms. The first kappa shape index (κ1) is 16.5. The van der Waals surface area contributed by atoms with E-state index >= 15 is 0 Å². The Labute approximate surface area is 126 Å². The van der Waals surface area contributed by atoms with Gasteiger partial charge in [0, 0.05) is 4.47 Å². The Kier molecular flexibility index (Phi) is 5.16. The lowest BCUT2D eigenvalue weighted by atomic mass is 10.1. The second-order valence-electron chi connectivity index (χ2n) is 5.21. The minimum atomic E-state index is -0.621. The summed E-state index contributed by atoms with van der Waals surface area (Å²) in [6.45, 7) is 7.08. The lowest BCUT2D eigenvalue weighted by Gasteiger charge is -2.21. The predicted molar refractivity (Wildman–Crippen MR) is 80.1 cm³/mol. The minimum Gasteiger partial charge on any atom is -0.465 e. The molecule has 5 nitrogen and oxygen atoms in total. The van der Waals surface area contributed by atoms with Gasteiger partial charge in [0.1, 0.15) is 5.60 Å². The first-order valence-electron chi connectivity index (χ1n) is 6.03. The third kappa shape index (κ3) is 4.23. The van der Waals surface area contributed by atoms with Crippen molar-refractivity contribution in [2.75, 3.05) is 12.4 Å². The molecule has 110 valence electrons. The molecule has 1 aromatic carbocycles. The average molecular weight is 344 g/mol. The van der Waals surface area contributed by atoms with Crippen LogP contribution in [0.2, 0.25) is 0 Å². The molecule has 0 aromatic heterocycles. The molecule has 0 aliphatic carbocycles. The number of amides is 1. The number of benzene rings is 1. The van der Waals surface area contributed by atoms with Crippen LogP contribution in [0.3, 0.4) is 0 Å². The molecule has 0 aliphatic heterocycles. The van der Waals surface area contributed by atoms with Crippen molar-refractivity contribution >= 4 is 33.7 Å². The quantitative estimate of drug-likeness (QED) is 0.827. The topological polar surface area (TPSA) is 64.6 Å². The lowest BCUT2D eigenvalue weighted by Crippen LogP contribution is -2.28. The lowest BCUT2D eigenvalue weighted by molar-refractivity contribution is 0.0601. The number of hydrogen-bond acceptors (Lipinski definition) is 4. The highest BCUT2D eigenvalue weighted by Crippen LogP contribution is 2.29. The van der Waals surface area contributed by atoms with Crippen molar-refractivity contribution < 1.29 is 19.1 Å². The highest BCUT2D eigenvalue weighted by Gasteiger charge is 2.21. The molecule has 0 fully saturated rings. The normalized spacial score (nSPS) is 10.9. The van der Waals surface area contributed by atoms with E-state index in [0.29, 0.717) is 5.69 Å². The highest BCUT2D eigenvalue weighted by atomic mass is 79.9. The molecule has 0 heterocycles. The van der Waals surface area contributed by atoms with Crippen LogP contribution >= 0.6 is 15.9 Å². The summed E-state index contributed by atoms with van der Waals surface area (Å²) < 4.78 is 10.7. The van der Waals surface area contributed by atoms with E-state index in [-0.39, 0.29) is 5.56 Å². The Morgan fingerprint density at radius 2 is 1.85 bits per heavy atom. The number of carbonyl (C=O) groups excluding carboxylic acids is 2. The summed E-state index contributed by atoms with van der Waals surface area (Å²) in [5.74, 6) is -0.522. The zero-order valence-electron chi connectivity index (χ0n) is 12.2. The van der Waals surface area contributed by atoms with Crippen LogP contribution in [-0.2, 0) is 9.47 Å². The van der Waals surface area contributed by atoms with E-state index in [1.54, 1.807) is 39.8 Å².